The lowest BCUT2D eigenvalue weighted by atomic mass is 10.0. The zero-order chi connectivity index (χ0) is 13.8. The van der Waals surface area contributed by atoms with Crippen molar-refractivity contribution >= 4 is 28.3 Å². The maximum Gasteiger partial charge on any atom is 0.146 e. The zero-order valence-corrected chi connectivity index (χ0v) is 12.1. The fraction of sp³-hybridized carbons (Fsp3) is 0.467. The molecule has 0 atom stereocenters. The van der Waals surface area contributed by atoms with Crippen LogP contribution in [0.25, 0.3) is 10.9 Å². The number of rotatable bonds is 4. The van der Waals surface area contributed by atoms with Gasteiger partial charge in [-0.05, 0) is 30.9 Å². The molecule has 0 aliphatic carbocycles. The van der Waals surface area contributed by atoms with E-state index in [0.29, 0.717) is 17.6 Å². The monoisotopic (exact) mass is 291 g/mol. The summed E-state index contributed by atoms with van der Waals surface area (Å²) < 4.78 is 5.39. The average Bonchev–Trinajstić information content (AvgIpc) is 2.53. The number of halogens is 1. The van der Waals surface area contributed by atoms with Crippen molar-refractivity contribution in [3.8, 4) is 0 Å². The Kier molecular flexibility index (Phi) is 4.33. The van der Waals surface area contributed by atoms with E-state index in [9.17, 15) is 0 Å². The van der Waals surface area contributed by atoms with Crippen LogP contribution >= 0.6 is 11.6 Å². The van der Waals surface area contributed by atoms with Crippen molar-refractivity contribution in [2.75, 3.05) is 25.1 Å². The van der Waals surface area contributed by atoms with Crippen molar-refractivity contribution in [1.82, 2.24) is 9.97 Å². The van der Waals surface area contributed by atoms with Crippen LogP contribution in [0, 0.1) is 5.92 Å². The molecular formula is C15H18ClN3O. The molecule has 106 valence electrons. The summed E-state index contributed by atoms with van der Waals surface area (Å²) in [5, 5.41) is 4.52. The van der Waals surface area contributed by atoms with Gasteiger partial charge in [0.25, 0.3) is 0 Å². The number of para-hydroxylation sites is 1. The number of hydrogen-bond acceptors (Lipinski definition) is 4. The van der Waals surface area contributed by atoms with Crippen LogP contribution in [0.1, 0.15) is 18.7 Å². The molecule has 1 N–H and O–H groups in total. The summed E-state index contributed by atoms with van der Waals surface area (Å²) in [6.07, 6.45) is 2.22. The molecule has 1 aromatic heterocycles. The molecule has 5 heteroatoms. The third kappa shape index (κ3) is 3.02. The molecule has 0 amide bonds. The third-order valence-electron chi connectivity index (χ3n) is 3.67. The van der Waals surface area contributed by atoms with Crippen LogP contribution in [0.4, 0.5) is 5.82 Å². The molecule has 1 fully saturated rings. The standard InChI is InChI=1S/C15H18ClN3O/c16-9-14-18-13-4-2-1-3-12(13)15(19-14)17-10-11-5-7-20-8-6-11/h1-4,11H,5-10H2,(H,17,18,19). The molecule has 1 aliphatic heterocycles. The van der Waals surface area contributed by atoms with Crippen LogP contribution < -0.4 is 5.32 Å². The maximum atomic E-state index is 5.88. The molecular weight excluding hydrogens is 274 g/mol. The topological polar surface area (TPSA) is 47.0 Å². The first-order valence-corrected chi connectivity index (χ1v) is 7.53. The van der Waals surface area contributed by atoms with Gasteiger partial charge in [0, 0.05) is 25.1 Å². The fourth-order valence-electron chi connectivity index (χ4n) is 2.51. The zero-order valence-electron chi connectivity index (χ0n) is 11.3. The van der Waals surface area contributed by atoms with Gasteiger partial charge in [0.1, 0.15) is 11.6 Å². The molecule has 0 saturated carbocycles. The van der Waals surface area contributed by atoms with Gasteiger partial charge >= 0.3 is 0 Å². The Morgan fingerprint density at radius 3 is 2.80 bits per heavy atom. The highest BCUT2D eigenvalue weighted by Crippen LogP contribution is 2.22. The van der Waals surface area contributed by atoms with Crippen molar-refractivity contribution in [1.29, 1.82) is 0 Å². The molecule has 0 bridgehead atoms. The number of hydrogen-bond donors (Lipinski definition) is 1. The Balaban J connectivity index is 1.81. The first kappa shape index (κ1) is 13.6. The maximum absolute atomic E-state index is 5.88. The second-order valence-corrected chi connectivity index (χ2v) is 5.34. The molecule has 4 nitrogen and oxygen atoms in total. The lowest BCUT2D eigenvalue weighted by molar-refractivity contribution is 0.0699. The van der Waals surface area contributed by atoms with Crippen LogP contribution in [-0.2, 0) is 10.6 Å². The van der Waals surface area contributed by atoms with E-state index in [2.05, 4.69) is 15.3 Å². The predicted octanol–water partition coefficient (Wildman–Crippen LogP) is 3.21. The van der Waals surface area contributed by atoms with Crippen molar-refractivity contribution in [2.45, 2.75) is 18.7 Å². The number of anilines is 1. The summed E-state index contributed by atoms with van der Waals surface area (Å²) in [5.41, 5.74) is 0.938. The number of alkyl halides is 1. The summed E-state index contributed by atoms with van der Waals surface area (Å²) in [7, 11) is 0. The van der Waals surface area contributed by atoms with Gasteiger partial charge < -0.3 is 10.1 Å². The Morgan fingerprint density at radius 1 is 1.20 bits per heavy atom. The molecule has 1 aliphatic rings. The molecule has 2 aromatic rings. The lowest BCUT2D eigenvalue weighted by Crippen LogP contribution is -2.23. The number of nitrogens with zero attached hydrogens (tertiary/aromatic N) is 2. The van der Waals surface area contributed by atoms with Crippen LogP contribution in [0.3, 0.4) is 0 Å². The van der Waals surface area contributed by atoms with Crippen LogP contribution in [0.2, 0.25) is 0 Å². The van der Waals surface area contributed by atoms with Gasteiger partial charge in [-0.25, -0.2) is 9.97 Å². The van der Waals surface area contributed by atoms with Crippen LogP contribution in [0.15, 0.2) is 24.3 Å². The summed E-state index contributed by atoms with van der Waals surface area (Å²) in [6, 6.07) is 8.02. The fourth-order valence-corrected chi connectivity index (χ4v) is 2.63. The van der Waals surface area contributed by atoms with Crippen LogP contribution in [0.5, 0.6) is 0 Å². The van der Waals surface area contributed by atoms with Gasteiger partial charge in [-0.3, -0.25) is 0 Å². The molecule has 20 heavy (non-hydrogen) atoms. The van der Waals surface area contributed by atoms with Crippen molar-refractivity contribution < 1.29 is 4.74 Å². The number of benzene rings is 1. The van der Waals surface area contributed by atoms with E-state index in [0.717, 1.165) is 49.3 Å². The minimum atomic E-state index is 0.330. The van der Waals surface area contributed by atoms with Crippen LogP contribution in [-0.4, -0.2) is 29.7 Å². The normalized spacial score (nSPS) is 16.4. The summed E-state index contributed by atoms with van der Waals surface area (Å²) in [5.74, 6) is 2.53. The molecule has 0 unspecified atom stereocenters. The quantitative estimate of drug-likeness (QED) is 0.879. The Labute approximate surface area is 123 Å². The highest BCUT2D eigenvalue weighted by atomic mass is 35.5. The Morgan fingerprint density at radius 2 is 2.00 bits per heavy atom. The van der Waals surface area contributed by atoms with E-state index in [-0.39, 0.29) is 0 Å². The van der Waals surface area contributed by atoms with Gasteiger partial charge in [-0.15, -0.1) is 11.6 Å². The minimum absolute atomic E-state index is 0.330. The Bertz CT molecular complexity index is 584. The van der Waals surface area contributed by atoms with Crippen molar-refractivity contribution in [3.63, 3.8) is 0 Å². The second-order valence-electron chi connectivity index (χ2n) is 5.08. The molecule has 3 rings (SSSR count). The highest BCUT2D eigenvalue weighted by molar-refractivity contribution is 6.16. The van der Waals surface area contributed by atoms with E-state index >= 15 is 0 Å². The minimum Gasteiger partial charge on any atom is -0.381 e. The summed E-state index contributed by atoms with van der Waals surface area (Å²) in [4.78, 5) is 8.96. The SMILES string of the molecule is ClCc1nc(NCC2CCOCC2)c2ccccc2n1. The number of nitrogens with one attached hydrogen (secondary N) is 1. The van der Waals surface area contributed by atoms with E-state index in [4.69, 9.17) is 16.3 Å². The molecule has 0 spiro atoms. The van der Waals surface area contributed by atoms with Gasteiger partial charge in [0.2, 0.25) is 0 Å². The molecule has 1 aromatic carbocycles. The molecule has 2 heterocycles. The van der Waals surface area contributed by atoms with Gasteiger partial charge in [0.15, 0.2) is 0 Å². The second kappa shape index (κ2) is 6.37. The third-order valence-corrected chi connectivity index (χ3v) is 3.91. The van der Waals surface area contributed by atoms with E-state index in [1.165, 1.54) is 0 Å². The smallest absolute Gasteiger partial charge is 0.146 e. The first-order valence-electron chi connectivity index (χ1n) is 7.00. The van der Waals surface area contributed by atoms with Gasteiger partial charge in [-0.2, -0.15) is 0 Å². The molecule has 1 saturated heterocycles. The summed E-state index contributed by atoms with van der Waals surface area (Å²) in [6.45, 7) is 2.65. The summed E-state index contributed by atoms with van der Waals surface area (Å²) >= 11 is 5.88. The predicted molar refractivity (Wildman–Crippen MR) is 81.1 cm³/mol. The van der Waals surface area contributed by atoms with E-state index in [1.54, 1.807) is 0 Å². The highest BCUT2D eigenvalue weighted by Gasteiger charge is 2.14. The van der Waals surface area contributed by atoms with Crippen molar-refractivity contribution in [2.24, 2.45) is 5.92 Å². The molecule has 0 radical (unpaired) electrons. The number of ether oxygens (including phenoxy) is 1. The lowest BCUT2D eigenvalue weighted by Gasteiger charge is -2.22. The number of aromatic nitrogens is 2. The largest absolute Gasteiger partial charge is 0.381 e. The Hall–Kier alpha value is -1.39. The first-order chi connectivity index (χ1) is 9.86. The van der Waals surface area contributed by atoms with Crippen molar-refractivity contribution in [3.05, 3.63) is 30.1 Å². The van der Waals surface area contributed by atoms with Gasteiger partial charge in [-0.1, -0.05) is 12.1 Å². The number of fused-ring (bicyclic) bond motifs is 1. The van der Waals surface area contributed by atoms with Gasteiger partial charge in [0.05, 0.1) is 11.4 Å². The van der Waals surface area contributed by atoms with E-state index < -0.39 is 0 Å². The van der Waals surface area contributed by atoms with E-state index in [1.807, 2.05) is 24.3 Å². The average molecular weight is 292 g/mol.